The van der Waals surface area contributed by atoms with E-state index >= 15 is 0 Å². The highest BCUT2D eigenvalue weighted by Crippen LogP contribution is 2.28. The van der Waals surface area contributed by atoms with Crippen LogP contribution in [0.15, 0.2) is 40.8 Å². The van der Waals surface area contributed by atoms with E-state index in [1.165, 1.54) is 0 Å². The van der Waals surface area contributed by atoms with Crippen molar-refractivity contribution in [2.75, 3.05) is 19.6 Å². The molecule has 6 heteroatoms. The first kappa shape index (κ1) is 21.3. The molecule has 0 bridgehead atoms. The molecule has 1 aromatic carbocycles. The van der Waals surface area contributed by atoms with E-state index in [9.17, 15) is 0 Å². The standard InChI is InChI=1S/C16H21ClN2O.2ClH/c1-2-18-10-5-11-19-12-13-8-9-16(20-13)14-6-3-4-7-15(14)17;;/h3-4,6-9,18-19H,2,5,10-12H2,1H3;2*1H. The molecule has 0 aliphatic rings. The molecule has 0 saturated carbocycles. The average molecular weight is 366 g/mol. The van der Waals surface area contributed by atoms with Gasteiger partial charge < -0.3 is 15.1 Å². The Balaban J connectivity index is 0.00000220. The lowest BCUT2D eigenvalue weighted by atomic mass is 10.2. The Bertz CT molecular complexity index is 532. The molecule has 1 heterocycles. The first-order chi connectivity index (χ1) is 9.81. The molecule has 124 valence electrons. The van der Waals surface area contributed by atoms with Gasteiger partial charge in [0.05, 0.1) is 11.6 Å². The van der Waals surface area contributed by atoms with Crippen LogP contribution < -0.4 is 10.6 Å². The van der Waals surface area contributed by atoms with Crippen molar-refractivity contribution < 1.29 is 4.42 Å². The summed E-state index contributed by atoms with van der Waals surface area (Å²) in [5.74, 6) is 1.75. The predicted octanol–water partition coefficient (Wildman–Crippen LogP) is 4.53. The fourth-order valence-electron chi connectivity index (χ4n) is 2.01. The third-order valence-electron chi connectivity index (χ3n) is 3.06. The van der Waals surface area contributed by atoms with Crippen LogP contribution in [0.1, 0.15) is 19.1 Å². The molecule has 22 heavy (non-hydrogen) atoms. The van der Waals surface area contributed by atoms with Crippen molar-refractivity contribution >= 4 is 36.4 Å². The minimum atomic E-state index is 0. The molecule has 0 aliphatic carbocycles. The summed E-state index contributed by atoms with van der Waals surface area (Å²) in [5.41, 5.74) is 0.938. The fourth-order valence-corrected chi connectivity index (χ4v) is 2.23. The molecule has 0 atom stereocenters. The molecule has 0 unspecified atom stereocenters. The van der Waals surface area contributed by atoms with Crippen LogP contribution in [-0.2, 0) is 6.54 Å². The number of nitrogens with one attached hydrogen (secondary N) is 2. The Morgan fingerprint density at radius 1 is 1.00 bits per heavy atom. The smallest absolute Gasteiger partial charge is 0.135 e. The maximum atomic E-state index is 6.16. The van der Waals surface area contributed by atoms with Crippen LogP contribution in [0.5, 0.6) is 0 Å². The summed E-state index contributed by atoms with van der Waals surface area (Å²) >= 11 is 6.16. The normalized spacial score (nSPS) is 9.91. The lowest BCUT2D eigenvalue weighted by Gasteiger charge is -2.03. The lowest BCUT2D eigenvalue weighted by molar-refractivity contribution is 0.488. The molecular formula is C16H23Cl3N2O. The molecule has 0 radical (unpaired) electrons. The SMILES string of the molecule is CCNCCCNCc1ccc(-c2ccccc2Cl)o1.Cl.Cl. The number of furan rings is 1. The van der Waals surface area contributed by atoms with Gasteiger partial charge in [0.2, 0.25) is 0 Å². The molecule has 2 aromatic rings. The van der Waals surface area contributed by atoms with E-state index in [2.05, 4.69) is 17.6 Å². The van der Waals surface area contributed by atoms with Gasteiger partial charge in [-0.25, -0.2) is 0 Å². The highest BCUT2D eigenvalue weighted by Gasteiger charge is 2.07. The van der Waals surface area contributed by atoms with Gasteiger partial charge in [0.15, 0.2) is 0 Å². The molecule has 0 saturated heterocycles. The van der Waals surface area contributed by atoms with Crippen molar-refractivity contribution in [3.63, 3.8) is 0 Å². The van der Waals surface area contributed by atoms with Gasteiger partial charge in [0.1, 0.15) is 11.5 Å². The molecule has 0 spiro atoms. The van der Waals surface area contributed by atoms with E-state index in [-0.39, 0.29) is 24.8 Å². The van der Waals surface area contributed by atoms with Crippen LogP contribution in [0, 0.1) is 0 Å². The van der Waals surface area contributed by atoms with Gasteiger partial charge >= 0.3 is 0 Å². The summed E-state index contributed by atoms with van der Waals surface area (Å²) in [6.45, 7) is 5.92. The Hall–Kier alpha value is -0.710. The van der Waals surface area contributed by atoms with Crippen molar-refractivity contribution in [2.24, 2.45) is 0 Å². The van der Waals surface area contributed by atoms with Gasteiger partial charge in [-0.1, -0.05) is 30.7 Å². The molecular weight excluding hydrogens is 343 g/mol. The maximum absolute atomic E-state index is 6.16. The van der Waals surface area contributed by atoms with Crippen LogP contribution in [-0.4, -0.2) is 19.6 Å². The van der Waals surface area contributed by atoms with Gasteiger partial charge in [-0.2, -0.15) is 0 Å². The van der Waals surface area contributed by atoms with Crippen LogP contribution in [0.25, 0.3) is 11.3 Å². The number of benzene rings is 1. The average Bonchev–Trinajstić information content (AvgIpc) is 2.92. The van der Waals surface area contributed by atoms with E-state index in [1.807, 2.05) is 36.4 Å². The molecule has 2 N–H and O–H groups in total. The molecule has 1 aromatic heterocycles. The van der Waals surface area contributed by atoms with E-state index in [0.29, 0.717) is 5.02 Å². The summed E-state index contributed by atoms with van der Waals surface area (Å²) < 4.78 is 5.82. The number of rotatable bonds is 8. The van der Waals surface area contributed by atoms with Crippen molar-refractivity contribution in [1.82, 2.24) is 10.6 Å². The van der Waals surface area contributed by atoms with Crippen molar-refractivity contribution in [3.8, 4) is 11.3 Å². The quantitative estimate of drug-likeness (QED) is 0.675. The third-order valence-corrected chi connectivity index (χ3v) is 3.39. The molecule has 0 aliphatic heterocycles. The first-order valence-electron chi connectivity index (χ1n) is 7.06. The van der Waals surface area contributed by atoms with E-state index in [0.717, 1.165) is 49.7 Å². The Morgan fingerprint density at radius 2 is 1.73 bits per heavy atom. The Kier molecular flexibility index (Phi) is 11.4. The van der Waals surface area contributed by atoms with Crippen molar-refractivity contribution in [1.29, 1.82) is 0 Å². The maximum Gasteiger partial charge on any atom is 0.135 e. The second kappa shape index (κ2) is 11.8. The molecule has 3 nitrogen and oxygen atoms in total. The summed E-state index contributed by atoms with van der Waals surface area (Å²) in [4.78, 5) is 0. The zero-order valence-corrected chi connectivity index (χ0v) is 15.0. The topological polar surface area (TPSA) is 37.2 Å². The second-order valence-corrected chi connectivity index (χ2v) is 5.04. The largest absolute Gasteiger partial charge is 0.460 e. The zero-order chi connectivity index (χ0) is 14.2. The Labute approximate surface area is 149 Å². The molecule has 0 fully saturated rings. The summed E-state index contributed by atoms with van der Waals surface area (Å²) in [7, 11) is 0. The van der Waals surface area contributed by atoms with Crippen LogP contribution in [0.2, 0.25) is 5.02 Å². The number of hydrogen-bond donors (Lipinski definition) is 2. The van der Waals surface area contributed by atoms with Gasteiger partial charge in [-0.15, -0.1) is 24.8 Å². The van der Waals surface area contributed by atoms with E-state index in [4.69, 9.17) is 16.0 Å². The predicted molar refractivity (Wildman–Crippen MR) is 98.5 cm³/mol. The van der Waals surface area contributed by atoms with Crippen LogP contribution in [0.4, 0.5) is 0 Å². The number of hydrogen-bond acceptors (Lipinski definition) is 3. The summed E-state index contributed by atoms with van der Waals surface area (Å²) in [6.07, 6.45) is 1.12. The minimum Gasteiger partial charge on any atom is -0.460 e. The first-order valence-corrected chi connectivity index (χ1v) is 7.44. The fraction of sp³-hybridized carbons (Fsp3) is 0.375. The van der Waals surface area contributed by atoms with E-state index in [1.54, 1.807) is 0 Å². The van der Waals surface area contributed by atoms with Gasteiger partial charge in [-0.05, 0) is 50.3 Å². The third kappa shape index (κ3) is 6.59. The lowest BCUT2D eigenvalue weighted by Crippen LogP contribution is -2.21. The van der Waals surface area contributed by atoms with Crippen LogP contribution >= 0.6 is 36.4 Å². The molecule has 0 amide bonds. The highest BCUT2D eigenvalue weighted by molar-refractivity contribution is 6.33. The summed E-state index contributed by atoms with van der Waals surface area (Å²) in [5, 5.41) is 7.39. The van der Waals surface area contributed by atoms with Gasteiger partial charge in [0, 0.05) is 5.56 Å². The highest BCUT2D eigenvalue weighted by atomic mass is 35.5. The van der Waals surface area contributed by atoms with Gasteiger partial charge in [0.25, 0.3) is 0 Å². The second-order valence-electron chi connectivity index (χ2n) is 4.63. The number of halogens is 3. The Morgan fingerprint density at radius 3 is 2.45 bits per heavy atom. The van der Waals surface area contributed by atoms with Crippen molar-refractivity contribution in [3.05, 3.63) is 47.2 Å². The van der Waals surface area contributed by atoms with Crippen molar-refractivity contribution in [2.45, 2.75) is 19.9 Å². The summed E-state index contributed by atoms with van der Waals surface area (Å²) in [6, 6.07) is 11.7. The zero-order valence-electron chi connectivity index (χ0n) is 12.6. The molecule has 2 rings (SSSR count). The van der Waals surface area contributed by atoms with Crippen LogP contribution in [0.3, 0.4) is 0 Å². The van der Waals surface area contributed by atoms with Gasteiger partial charge in [-0.3, -0.25) is 0 Å². The minimum absolute atomic E-state index is 0. The monoisotopic (exact) mass is 364 g/mol. The van der Waals surface area contributed by atoms with E-state index < -0.39 is 0 Å².